The molecule has 0 spiro atoms. The highest BCUT2D eigenvalue weighted by Gasteiger charge is 2.26. The molecule has 1 saturated heterocycles. The molecule has 0 aliphatic carbocycles. The van der Waals surface area contributed by atoms with Crippen LogP contribution in [-0.2, 0) is 11.2 Å². The summed E-state index contributed by atoms with van der Waals surface area (Å²) in [5, 5.41) is 0. The quantitative estimate of drug-likeness (QED) is 0.892. The van der Waals surface area contributed by atoms with Gasteiger partial charge < -0.3 is 9.88 Å². The van der Waals surface area contributed by atoms with Crippen LogP contribution in [0, 0.1) is 25.2 Å². The Morgan fingerprint density at radius 1 is 1.22 bits per heavy atom. The molecule has 6 nitrogen and oxygen atoms in total. The summed E-state index contributed by atoms with van der Waals surface area (Å²) < 4.78 is 0. The van der Waals surface area contributed by atoms with Gasteiger partial charge in [-0.3, -0.25) is 4.79 Å². The van der Waals surface area contributed by atoms with Gasteiger partial charge in [0, 0.05) is 43.5 Å². The monoisotopic (exact) mass is 369 g/mol. The van der Waals surface area contributed by atoms with E-state index in [1.54, 1.807) is 0 Å². The molecule has 0 saturated carbocycles. The minimum Gasteiger partial charge on any atom is -0.343 e. The van der Waals surface area contributed by atoms with Crippen molar-refractivity contribution < 1.29 is 4.79 Å². The number of hydrogen-bond donors (Lipinski definition) is 1. The second-order valence-corrected chi connectivity index (χ2v) is 8.99. The standard InChI is InChI=1S/C21H31N5O/c1-14-10-17(20-22-13-15(2)24-20)25-18(23-14)11-16-6-8-26(9-7-16)19(27)12-21(3,4)5/h10,13,16H,6-9,11-12H2,1-5H3,(H,22,24). The van der Waals surface area contributed by atoms with Crippen LogP contribution in [0.4, 0.5) is 0 Å². The number of amides is 1. The molecule has 0 atom stereocenters. The van der Waals surface area contributed by atoms with Gasteiger partial charge in [0.2, 0.25) is 5.91 Å². The van der Waals surface area contributed by atoms with Crippen LogP contribution in [-0.4, -0.2) is 43.8 Å². The van der Waals surface area contributed by atoms with Crippen LogP contribution < -0.4 is 0 Å². The van der Waals surface area contributed by atoms with Crippen molar-refractivity contribution in [2.24, 2.45) is 11.3 Å². The number of aromatic nitrogens is 4. The fourth-order valence-electron chi connectivity index (χ4n) is 3.60. The number of nitrogens with one attached hydrogen (secondary N) is 1. The molecule has 3 heterocycles. The molecule has 0 radical (unpaired) electrons. The molecule has 6 heteroatoms. The van der Waals surface area contributed by atoms with Gasteiger partial charge in [0.25, 0.3) is 0 Å². The van der Waals surface area contributed by atoms with Crippen LogP contribution in [0.2, 0.25) is 0 Å². The highest BCUT2D eigenvalue weighted by molar-refractivity contribution is 5.76. The zero-order valence-corrected chi connectivity index (χ0v) is 17.2. The molecule has 1 fully saturated rings. The predicted octanol–water partition coefficient (Wildman–Crippen LogP) is 3.70. The summed E-state index contributed by atoms with van der Waals surface area (Å²) in [4.78, 5) is 31.4. The minimum atomic E-state index is 0.0456. The van der Waals surface area contributed by atoms with Gasteiger partial charge in [0.1, 0.15) is 11.5 Å². The molecule has 0 unspecified atom stereocenters. The van der Waals surface area contributed by atoms with Crippen molar-refractivity contribution in [1.29, 1.82) is 0 Å². The zero-order chi connectivity index (χ0) is 19.6. The molecule has 27 heavy (non-hydrogen) atoms. The lowest BCUT2D eigenvalue weighted by Gasteiger charge is -2.33. The number of carbonyl (C=O) groups excluding carboxylic acids is 1. The van der Waals surface area contributed by atoms with Gasteiger partial charge in [-0.25, -0.2) is 15.0 Å². The Morgan fingerprint density at radius 3 is 2.52 bits per heavy atom. The number of aromatic amines is 1. The number of piperidine rings is 1. The third-order valence-corrected chi connectivity index (χ3v) is 4.97. The molecule has 1 amide bonds. The van der Waals surface area contributed by atoms with Gasteiger partial charge in [0.05, 0.1) is 0 Å². The number of carbonyl (C=O) groups is 1. The number of imidazole rings is 1. The molecule has 1 aliphatic rings. The molecule has 0 aromatic carbocycles. The van der Waals surface area contributed by atoms with E-state index in [0.717, 1.165) is 61.1 Å². The molecule has 2 aromatic rings. The van der Waals surface area contributed by atoms with Crippen molar-refractivity contribution in [1.82, 2.24) is 24.8 Å². The van der Waals surface area contributed by atoms with Gasteiger partial charge in [-0.15, -0.1) is 0 Å². The molecular formula is C21H31N5O. The minimum absolute atomic E-state index is 0.0456. The van der Waals surface area contributed by atoms with Gasteiger partial charge in [-0.1, -0.05) is 20.8 Å². The fraction of sp³-hybridized carbons (Fsp3) is 0.619. The summed E-state index contributed by atoms with van der Waals surface area (Å²) in [7, 11) is 0. The van der Waals surface area contributed by atoms with Crippen molar-refractivity contribution in [2.45, 2.75) is 60.3 Å². The smallest absolute Gasteiger partial charge is 0.223 e. The number of rotatable bonds is 4. The first-order valence-electron chi connectivity index (χ1n) is 9.84. The lowest BCUT2D eigenvalue weighted by atomic mass is 9.89. The summed E-state index contributed by atoms with van der Waals surface area (Å²) in [6, 6.07) is 1.97. The molecule has 1 N–H and O–H groups in total. The fourth-order valence-corrected chi connectivity index (χ4v) is 3.60. The molecule has 3 rings (SSSR count). The number of aryl methyl sites for hydroxylation is 2. The van der Waals surface area contributed by atoms with E-state index in [9.17, 15) is 4.79 Å². The highest BCUT2D eigenvalue weighted by atomic mass is 16.2. The van der Waals surface area contributed by atoms with Crippen molar-refractivity contribution in [3.63, 3.8) is 0 Å². The van der Waals surface area contributed by atoms with Crippen molar-refractivity contribution in [3.8, 4) is 11.5 Å². The van der Waals surface area contributed by atoms with E-state index in [0.29, 0.717) is 12.3 Å². The second kappa shape index (κ2) is 7.79. The summed E-state index contributed by atoms with van der Waals surface area (Å²) in [6.07, 6.45) is 5.32. The van der Waals surface area contributed by atoms with Crippen LogP contribution >= 0.6 is 0 Å². The summed E-state index contributed by atoms with van der Waals surface area (Å²) in [5.74, 6) is 2.47. The Hall–Kier alpha value is -2.24. The normalized spacial score (nSPS) is 16.0. The second-order valence-electron chi connectivity index (χ2n) is 8.99. The van der Waals surface area contributed by atoms with Crippen molar-refractivity contribution >= 4 is 5.91 Å². The third-order valence-electron chi connectivity index (χ3n) is 4.97. The summed E-state index contributed by atoms with van der Waals surface area (Å²) in [6.45, 7) is 12.0. The maximum absolute atomic E-state index is 12.4. The largest absolute Gasteiger partial charge is 0.343 e. The summed E-state index contributed by atoms with van der Waals surface area (Å²) in [5.41, 5.74) is 2.88. The summed E-state index contributed by atoms with van der Waals surface area (Å²) >= 11 is 0. The van der Waals surface area contributed by atoms with Crippen molar-refractivity contribution in [2.75, 3.05) is 13.1 Å². The Balaban J connectivity index is 1.61. The Bertz CT molecular complexity index is 797. The maximum atomic E-state index is 12.4. The van der Waals surface area contributed by atoms with Gasteiger partial charge >= 0.3 is 0 Å². The highest BCUT2D eigenvalue weighted by Crippen LogP contribution is 2.25. The third kappa shape index (κ3) is 5.37. The topological polar surface area (TPSA) is 74.8 Å². The number of hydrogen-bond acceptors (Lipinski definition) is 4. The lowest BCUT2D eigenvalue weighted by molar-refractivity contribution is -0.134. The average molecular weight is 370 g/mol. The first-order chi connectivity index (χ1) is 12.7. The van der Waals surface area contributed by atoms with Crippen LogP contribution in [0.15, 0.2) is 12.3 Å². The first kappa shape index (κ1) is 19.5. The van der Waals surface area contributed by atoms with E-state index in [2.05, 4.69) is 35.7 Å². The van der Waals surface area contributed by atoms with Crippen LogP contribution in [0.25, 0.3) is 11.5 Å². The van der Waals surface area contributed by atoms with Crippen LogP contribution in [0.1, 0.15) is 57.2 Å². The van der Waals surface area contributed by atoms with Crippen LogP contribution in [0.5, 0.6) is 0 Å². The molecule has 2 aromatic heterocycles. The lowest BCUT2D eigenvalue weighted by Crippen LogP contribution is -2.40. The Morgan fingerprint density at radius 2 is 1.93 bits per heavy atom. The molecule has 146 valence electrons. The predicted molar refractivity (Wildman–Crippen MR) is 106 cm³/mol. The zero-order valence-electron chi connectivity index (χ0n) is 17.2. The molecule has 0 bridgehead atoms. The Kier molecular flexibility index (Phi) is 5.63. The first-order valence-corrected chi connectivity index (χ1v) is 9.84. The van der Waals surface area contributed by atoms with E-state index < -0.39 is 0 Å². The van der Waals surface area contributed by atoms with Gasteiger partial charge in [-0.05, 0) is 44.1 Å². The maximum Gasteiger partial charge on any atom is 0.223 e. The van der Waals surface area contributed by atoms with Gasteiger partial charge in [-0.2, -0.15) is 0 Å². The van der Waals surface area contributed by atoms with E-state index >= 15 is 0 Å². The van der Waals surface area contributed by atoms with Gasteiger partial charge in [0.15, 0.2) is 5.82 Å². The number of nitrogens with zero attached hydrogens (tertiary/aromatic N) is 4. The SMILES string of the molecule is Cc1cc(-c2ncc(C)[nH]2)nc(CC2CCN(C(=O)CC(C)(C)C)CC2)n1. The van der Waals surface area contributed by atoms with E-state index in [1.165, 1.54) is 0 Å². The van der Waals surface area contributed by atoms with Crippen LogP contribution in [0.3, 0.4) is 0 Å². The average Bonchev–Trinajstić information content (AvgIpc) is 3.00. The molecule has 1 aliphatic heterocycles. The molecular weight excluding hydrogens is 338 g/mol. The van der Waals surface area contributed by atoms with E-state index in [1.807, 2.05) is 31.0 Å². The van der Waals surface area contributed by atoms with E-state index in [-0.39, 0.29) is 11.3 Å². The van der Waals surface area contributed by atoms with E-state index in [4.69, 9.17) is 4.98 Å². The number of likely N-dealkylation sites (tertiary alicyclic amines) is 1. The van der Waals surface area contributed by atoms with Crippen molar-refractivity contribution in [3.05, 3.63) is 29.5 Å². The Labute approximate surface area is 161 Å². The number of H-pyrrole nitrogens is 1.